The van der Waals surface area contributed by atoms with Crippen LogP contribution in [0.5, 0.6) is 0 Å². The van der Waals surface area contributed by atoms with Gasteiger partial charge in [0, 0.05) is 0 Å². The second-order valence-corrected chi connectivity index (χ2v) is 4.53. The first-order chi connectivity index (χ1) is 8.65. The molecule has 0 aromatic heterocycles. The Balaban J connectivity index is 1.78. The monoisotopic (exact) mass is 244 g/mol. The maximum absolute atomic E-state index is 11.6. The molecule has 1 saturated heterocycles. The fraction of sp³-hybridized carbons (Fsp3) is 0.333. The molecule has 2 heterocycles. The SMILES string of the molecule is Cc1ccc(CN2N=NC3C(=O)NC(=O)C32)cc1. The first-order valence-electron chi connectivity index (χ1n) is 5.73. The predicted octanol–water partition coefficient (Wildman–Crippen LogP) is 0.571. The summed E-state index contributed by atoms with van der Waals surface area (Å²) in [6, 6.07) is 6.70. The lowest BCUT2D eigenvalue weighted by Gasteiger charge is -2.18. The van der Waals surface area contributed by atoms with Gasteiger partial charge in [-0.2, -0.15) is 5.11 Å². The molecule has 1 N–H and O–H groups in total. The minimum Gasteiger partial charge on any atom is -0.292 e. The molecular formula is C12H12N4O2. The first-order valence-corrected chi connectivity index (χ1v) is 5.73. The zero-order chi connectivity index (χ0) is 12.7. The van der Waals surface area contributed by atoms with Crippen LogP contribution < -0.4 is 5.32 Å². The fourth-order valence-electron chi connectivity index (χ4n) is 2.16. The average molecular weight is 244 g/mol. The van der Waals surface area contributed by atoms with Crippen molar-refractivity contribution in [2.45, 2.75) is 25.6 Å². The third-order valence-corrected chi connectivity index (χ3v) is 3.16. The van der Waals surface area contributed by atoms with Gasteiger partial charge in [0.1, 0.15) is 0 Å². The number of hydrogen-bond donors (Lipinski definition) is 1. The van der Waals surface area contributed by atoms with Gasteiger partial charge in [-0.3, -0.25) is 19.9 Å². The maximum atomic E-state index is 11.6. The molecule has 0 spiro atoms. The Hall–Kier alpha value is -2.24. The van der Waals surface area contributed by atoms with Crippen molar-refractivity contribution in [1.29, 1.82) is 0 Å². The minimum atomic E-state index is -0.678. The standard InChI is InChI=1S/C12H12N4O2/c1-7-2-4-8(5-3-7)6-16-10-9(14-15-16)11(17)13-12(10)18/h2-5,9-10H,6H2,1H3,(H,13,17,18). The number of carbonyl (C=O) groups is 2. The van der Waals surface area contributed by atoms with Crippen molar-refractivity contribution in [2.75, 3.05) is 0 Å². The smallest absolute Gasteiger partial charge is 0.256 e. The van der Waals surface area contributed by atoms with Crippen LogP contribution in [-0.4, -0.2) is 28.9 Å². The van der Waals surface area contributed by atoms with Crippen LogP contribution in [0.4, 0.5) is 0 Å². The van der Waals surface area contributed by atoms with E-state index in [1.54, 1.807) is 5.01 Å². The van der Waals surface area contributed by atoms with Crippen LogP contribution in [0.15, 0.2) is 34.6 Å². The van der Waals surface area contributed by atoms with Crippen LogP contribution >= 0.6 is 0 Å². The van der Waals surface area contributed by atoms with Gasteiger partial charge in [-0.25, -0.2) is 0 Å². The second-order valence-electron chi connectivity index (χ2n) is 4.53. The number of imide groups is 1. The lowest BCUT2D eigenvalue weighted by molar-refractivity contribution is -0.126. The van der Waals surface area contributed by atoms with Crippen molar-refractivity contribution in [1.82, 2.24) is 10.3 Å². The normalized spacial score (nSPS) is 25.5. The largest absolute Gasteiger partial charge is 0.292 e. The molecule has 0 radical (unpaired) electrons. The summed E-state index contributed by atoms with van der Waals surface area (Å²) in [7, 11) is 0. The number of rotatable bonds is 2. The molecule has 18 heavy (non-hydrogen) atoms. The number of aryl methyl sites for hydroxylation is 1. The number of nitrogens with zero attached hydrogens (tertiary/aromatic N) is 3. The summed E-state index contributed by atoms with van der Waals surface area (Å²) >= 11 is 0. The first kappa shape index (κ1) is 10.9. The molecule has 6 nitrogen and oxygen atoms in total. The minimum absolute atomic E-state index is 0.317. The number of nitrogens with one attached hydrogen (secondary N) is 1. The molecule has 2 aliphatic heterocycles. The van der Waals surface area contributed by atoms with Crippen LogP contribution in [0, 0.1) is 6.92 Å². The van der Waals surface area contributed by atoms with E-state index in [0.717, 1.165) is 5.56 Å². The Bertz CT molecular complexity index is 538. The molecule has 3 rings (SSSR count). The predicted molar refractivity (Wildman–Crippen MR) is 62.3 cm³/mol. The Morgan fingerprint density at radius 3 is 2.67 bits per heavy atom. The van der Waals surface area contributed by atoms with E-state index in [1.807, 2.05) is 31.2 Å². The summed E-state index contributed by atoms with van der Waals surface area (Å²) in [4.78, 5) is 23.0. The van der Waals surface area contributed by atoms with Crippen molar-refractivity contribution in [2.24, 2.45) is 10.3 Å². The molecule has 2 unspecified atom stereocenters. The van der Waals surface area contributed by atoms with E-state index in [4.69, 9.17) is 0 Å². The van der Waals surface area contributed by atoms with E-state index >= 15 is 0 Å². The lowest BCUT2D eigenvalue weighted by atomic mass is 10.1. The molecule has 2 amide bonds. The van der Waals surface area contributed by atoms with E-state index in [1.165, 1.54) is 5.56 Å². The van der Waals surface area contributed by atoms with Crippen LogP contribution in [0.2, 0.25) is 0 Å². The van der Waals surface area contributed by atoms with Gasteiger partial charge in [-0.15, -0.1) is 0 Å². The molecule has 2 atom stereocenters. The van der Waals surface area contributed by atoms with Gasteiger partial charge in [-0.05, 0) is 12.5 Å². The summed E-state index contributed by atoms with van der Waals surface area (Å²) in [6.07, 6.45) is 0. The van der Waals surface area contributed by atoms with Gasteiger partial charge >= 0.3 is 0 Å². The Morgan fingerprint density at radius 2 is 1.94 bits per heavy atom. The number of carbonyl (C=O) groups excluding carboxylic acids is 2. The Morgan fingerprint density at radius 1 is 1.22 bits per heavy atom. The molecule has 2 aliphatic rings. The van der Waals surface area contributed by atoms with Gasteiger partial charge in [-0.1, -0.05) is 35.1 Å². The van der Waals surface area contributed by atoms with E-state index in [9.17, 15) is 9.59 Å². The summed E-state index contributed by atoms with van der Waals surface area (Å²) in [5, 5.41) is 11.6. The highest BCUT2D eigenvalue weighted by atomic mass is 16.2. The summed E-state index contributed by atoms with van der Waals surface area (Å²) < 4.78 is 0. The zero-order valence-corrected chi connectivity index (χ0v) is 9.83. The van der Waals surface area contributed by atoms with Gasteiger partial charge in [0.2, 0.25) is 0 Å². The fourth-order valence-corrected chi connectivity index (χ4v) is 2.16. The third kappa shape index (κ3) is 1.66. The number of amides is 2. The molecule has 92 valence electrons. The summed E-state index contributed by atoms with van der Waals surface area (Å²) in [6.45, 7) is 2.49. The number of fused-ring (bicyclic) bond motifs is 1. The van der Waals surface area contributed by atoms with Gasteiger partial charge < -0.3 is 0 Å². The van der Waals surface area contributed by atoms with Crippen molar-refractivity contribution in [3.05, 3.63) is 35.4 Å². The van der Waals surface area contributed by atoms with E-state index in [-0.39, 0.29) is 11.8 Å². The Labute approximate surface area is 104 Å². The summed E-state index contributed by atoms with van der Waals surface area (Å²) in [5.74, 6) is -0.678. The highest BCUT2D eigenvalue weighted by Gasteiger charge is 2.49. The van der Waals surface area contributed by atoms with E-state index in [2.05, 4.69) is 15.7 Å². The van der Waals surface area contributed by atoms with E-state index < -0.39 is 12.1 Å². The van der Waals surface area contributed by atoms with Crippen LogP contribution in [0.25, 0.3) is 0 Å². The highest BCUT2D eigenvalue weighted by molar-refractivity contribution is 6.09. The topological polar surface area (TPSA) is 74.1 Å². The van der Waals surface area contributed by atoms with E-state index in [0.29, 0.717) is 6.54 Å². The maximum Gasteiger partial charge on any atom is 0.256 e. The Kier molecular flexibility index (Phi) is 2.36. The quantitative estimate of drug-likeness (QED) is 0.773. The number of benzene rings is 1. The van der Waals surface area contributed by atoms with Crippen LogP contribution in [0.1, 0.15) is 11.1 Å². The average Bonchev–Trinajstić information content (AvgIpc) is 2.86. The molecule has 1 aromatic carbocycles. The van der Waals surface area contributed by atoms with Crippen molar-refractivity contribution >= 4 is 11.8 Å². The van der Waals surface area contributed by atoms with Gasteiger partial charge in [0.25, 0.3) is 11.8 Å². The van der Waals surface area contributed by atoms with Crippen LogP contribution in [-0.2, 0) is 16.1 Å². The zero-order valence-electron chi connectivity index (χ0n) is 9.83. The summed E-state index contributed by atoms with van der Waals surface area (Å²) in [5.41, 5.74) is 2.21. The van der Waals surface area contributed by atoms with Gasteiger partial charge in [0.05, 0.1) is 6.54 Å². The third-order valence-electron chi connectivity index (χ3n) is 3.16. The second kappa shape index (κ2) is 3.90. The molecule has 0 bridgehead atoms. The molecular weight excluding hydrogens is 232 g/mol. The molecule has 1 aromatic rings. The molecule has 1 fully saturated rings. The van der Waals surface area contributed by atoms with Crippen molar-refractivity contribution < 1.29 is 9.59 Å². The number of hydrogen-bond acceptors (Lipinski definition) is 5. The van der Waals surface area contributed by atoms with Crippen molar-refractivity contribution in [3.63, 3.8) is 0 Å². The lowest BCUT2D eigenvalue weighted by Crippen LogP contribution is -2.38. The van der Waals surface area contributed by atoms with Crippen molar-refractivity contribution in [3.8, 4) is 0 Å². The molecule has 0 aliphatic carbocycles. The highest BCUT2D eigenvalue weighted by Crippen LogP contribution is 2.24. The molecule has 6 heteroatoms. The van der Waals surface area contributed by atoms with Crippen LogP contribution in [0.3, 0.4) is 0 Å². The molecule has 0 saturated carbocycles. The van der Waals surface area contributed by atoms with Gasteiger partial charge in [0.15, 0.2) is 12.1 Å².